The summed E-state index contributed by atoms with van der Waals surface area (Å²) in [6, 6.07) is 16.1. The average Bonchev–Trinajstić information content (AvgIpc) is 2.44. The highest BCUT2D eigenvalue weighted by Crippen LogP contribution is 2.20. The van der Waals surface area contributed by atoms with Gasteiger partial charge < -0.3 is 4.74 Å². The van der Waals surface area contributed by atoms with Crippen LogP contribution in [0.15, 0.2) is 48.5 Å². The highest BCUT2D eigenvalue weighted by Gasteiger charge is 2.13. The molecule has 2 aromatic carbocycles. The average molecular weight is 256 g/mol. The first-order valence-corrected chi connectivity index (χ1v) is 6.42. The van der Waals surface area contributed by atoms with E-state index >= 15 is 0 Å². The monoisotopic (exact) mass is 256 g/mol. The highest BCUT2D eigenvalue weighted by molar-refractivity contribution is 5.33. The van der Waals surface area contributed by atoms with Crippen molar-refractivity contribution >= 4 is 0 Å². The first-order valence-electron chi connectivity index (χ1n) is 6.42. The molecule has 0 fully saturated rings. The molecular formula is C16H20N2O. The van der Waals surface area contributed by atoms with E-state index in [2.05, 4.69) is 37.5 Å². The third kappa shape index (κ3) is 3.56. The van der Waals surface area contributed by atoms with E-state index in [1.54, 1.807) is 0 Å². The lowest BCUT2D eigenvalue weighted by Gasteiger charge is -2.19. The molecule has 2 rings (SSSR count). The molecule has 1 unspecified atom stereocenters. The summed E-state index contributed by atoms with van der Waals surface area (Å²) in [5, 5.41) is 0. The van der Waals surface area contributed by atoms with Crippen molar-refractivity contribution in [3.05, 3.63) is 65.2 Å². The van der Waals surface area contributed by atoms with Crippen molar-refractivity contribution in [1.29, 1.82) is 0 Å². The minimum atomic E-state index is -0.0138. The predicted octanol–water partition coefficient (Wildman–Crippen LogP) is 2.89. The van der Waals surface area contributed by atoms with Crippen LogP contribution >= 0.6 is 0 Å². The molecule has 0 saturated carbocycles. The number of benzene rings is 2. The number of para-hydroxylation sites is 1. The molecule has 1 atom stereocenters. The molecule has 0 bridgehead atoms. The van der Waals surface area contributed by atoms with Crippen LogP contribution in [0.5, 0.6) is 5.75 Å². The number of rotatable bonds is 5. The molecule has 0 spiro atoms. The van der Waals surface area contributed by atoms with Crippen LogP contribution in [0.1, 0.15) is 22.7 Å². The number of aryl methyl sites for hydroxylation is 2. The van der Waals surface area contributed by atoms with Gasteiger partial charge in [-0.25, -0.2) is 5.43 Å². The first kappa shape index (κ1) is 13.6. The summed E-state index contributed by atoms with van der Waals surface area (Å²) >= 11 is 0. The normalized spacial score (nSPS) is 12.2. The largest absolute Gasteiger partial charge is 0.492 e. The molecule has 2 aromatic rings. The molecule has 0 saturated heterocycles. The van der Waals surface area contributed by atoms with Gasteiger partial charge in [0.1, 0.15) is 12.4 Å². The van der Waals surface area contributed by atoms with E-state index in [1.807, 2.05) is 30.3 Å². The van der Waals surface area contributed by atoms with Crippen LogP contribution in [0.3, 0.4) is 0 Å². The van der Waals surface area contributed by atoms with E-state index in [0.29, 0.717) is 6.61 Å². The van der Waals surface area contributed by atoms with Crippen molar-refractivity contribution in [3.8, 4) is 5.75 Å². The lowest BCUT2D eigenvalue weighted by atomic mass is 10.00. The van der Waals surface area contributed by atoms with Crippen molar-refractivity contribution < 1.29 is 4.74 Å². The van der Waals surface area contributed by atoms with Gasteiger partial charge in [-0.05, 0) is 37.1 Å². The highest BCUT2D eigenvalue weighted by atomic mass is 16.5. The van der Waals surface area contributed by atoms with Crippen LogP contribution in [0.4, 0.5) is 0 Å². The summed E-state index contributed by atoms with van der Waals surface area (Å²) in [6.07, 6.45) is 0. The molecule has 19 heavy (non-hydrogen) atoms. The van der Waals surface area contributed by atoms with Crippen molar-refractivity contribution in [3.63, 3.8) is 0 Å². The van der Waals surface area contributed by atoms with Crippen molar-refractivity contribution in [2.45, 2.75) is 19.9 Å². The van der Waals surface area contributed by atoms with Crippen LogP contribution in [0.2, 0.25) is 0 Å². The van der Waals surface area contributed by atoms with Gasteiger partial charge in [0.2, 0.25) is 0 Å². The molecule has 0 heterocycles. The Morgan fingerprint density at radius 1 is 1.11 bits per heavy atom. The van der Waals surface area contributed by atoms with Crippen LogP contribution in [-0.2, 0) is 0 Å². The standard InChI is InChI=1S/C16H20N2O/c1-12-8-9-13(2)15(10-12)16(18-17)11-19-14-6-4-3-5-7-14/h3-10,16,18H,11,17H2,1-2H3. The van der Waals surface area contributed by atoms with E-state index in [4.69, 9.17) is 10.6 Å². The quantitative estimate of drug-likeness (QED) is 0.639. The predicted molar refractivity (Wildman–Crippen MR) is 77.9 cm³/mol. The molecular weight excluding hydrogens is 236 g/mol. The number of nitrogens with one attached hydrogen (secondary N) is 1. The third-order valence-corrected chi connectivity index (χ3v) is 3.17. The Balaban J connectivity index is 2.10. The number of hydrogen-bond acceptors (Lipinski definition) is 3. The molecule has 3 nitrogen and oxygen atoms in total. The lowest BCUT2D eigenvalue weighted by molar-refractivity contribution is 0.267. The zero-order chi connectivity index (χ0) is 13.7. The van der Waals surface area contributed by atoms with E-state index in [9.17, 15) is 0 Å². The molecule has 0 amide bonds. The first-order chi connectivity index (χ1) is 9.20. The van der Waals surface area contributed by atoms with E-state index in [0.717, 1.165) is 5.75 Å². The van der Waals surface area contributed by atoms with Gasteiger partial charge >= 0.3 is 0 Å². The second-order valence-corrected chi connectivity index (χ2v) is 4.70. The second kappa shape index (κ2) is 6.36. The Morgan fingerprint density at radius 2 is 1.84 bits per heavy atom. The number of hydrazine groups is 1. The molecule has 0 aliphatic rings. The number of ether oxygens (including phenoxy) is 1. The Morgan fingerprint density at radius 3 is 2.53 bits per heavy atom. The summed E-state index contributed by atoms with van der Waals surface area (Å²) in [5.41, 5.74) is 6.45. The Kier molecular flexibility index (Phi) is 4.55. The summed E-state index contributed by atoms with van der Waals surface area (Å²) in [4.78, 5) is 0. The molecule has 0 aliphatic heterocycles. The van der Waals surface area contributed by atoms with Crippen LogP contribution in [0, 0.1) is 13.8 Å². The number of hydrogen-bond donors (Lipinski definition) is 2. The molecule has 0 aromatic heterocycles. The molecule has 3 N–H and O–H groups in total. The van der Waals surface area contributed by atoms with Crippen molar-refractivity contribution in [1.82, 2.24) is 5.43 Å². The summed E-state index contributed by atoms with van der Waals surface area (Å²) in [7, 11) is 0. The van der Waals surface area contributed by atoms with E-state index in [1.165, 1.54) is 16.7 Å². The zero-order valence-electron chi connectivity index (χ0n) is 11.4. The minimum Gasteiger partial charge on any atom is -0.492 e. The fourth-order valence-electron chi connectivity index (χ4n) is 2.06. The maximum Gasteiger partial charge on any atom is 0.119 e. The smallest absolute Gasteiger partial charge is 0.119 e. The van der Waals surface area contributed by atoms with Gasteiger partial charge in [-0.1, -0.05) is 42.0 Å². The van der Waals surface area contributed by atoms with Crippen LogP contribution in [0.25, 0.3) is 0 Å². The summed E-state index contributed by atoms with van der Waals surface area (Å²) in [6.45, 7) is 4.67. The van der Waals surface area contributed by atoms with E-state index < -0.39 is 0 Å². The topological polar surface area (TPSA) is 47.3 Å². The Hall–Kier alpha value is -1.84. The lowest BCUT2D eigenvalue weighted by Crippen LogP contribution is -2.32. The van der Waals surface area contributed by atoms with Crippen molar-refractivity contribution in [2.24, 2.45) is 5.84 Å². The molecule has 0 radical (unpaired) electrons. The molecule has 0 aliphatic carbocycles. The Labute approximate surface area is 114 Å². The molecule has 3 heteroatoms. The maximum absolute atomic E-state index is 5.77. The van der Waals surface area contributed by atoms with Crippen molar-refractivity contribution in [2.75, 3.05) is 6.61 Å². The third-order valence-electron chi connectivity index (χ3n) is 3.17. The molecule has 100 valence electrons. The van der Waals surface area contributed by atoms with Gasteiger partial charge in [0.25, 0.3) is 0 Å². The van der Waals surface area contributed by atoms with Gasteiger partial charge in [-0.15, -0.1) is 0 Å². The summed E-state index contributed by atoms with van der Waals surface area (Å²) < 4.78 is 5.77. The van der Waals surface area contributed by atoms with Gasteiger partial charge in [0, 0.05) is 0 Å². The fraction of sp³-hybridized carbons (Fsp3) is 0.250. The maximum atomic E-state index is 5.77. The summed E-state index contributed by atoms with van der Waals surface area (Å²) in [5.74, 6) is 6.51. The van der Waals surface area contributed by atoms with E-state index in [-0.39, 0.29) is 6.04 Å². The second-order valence-electron chi connectivity index (χ2n) is 4.70. The fourth-order valence-corrected chi connectivity index (χ4v) is 2.06. The SMILES string of the molecule is Cc1ccc(C)c(C(COc2ccccc2)NN)c1. The van der Waals surface area contributed by atoms with Gasteiger partial charge in [-0.3, -0.25) is 5.84 Å². The number of nitrogens with two attached hydrogens (primary N) is 1. The Bertz CT molecular complexity index is 526. The van der Waals surface area contributed by atoms with Crippen LogP contribution in [-0.4, -0.2) is 6.61 Å². The van der Waals surface area contributed by atoms with Gasteiger partial charge in [0.15, 0.2) is 0 Å². The van der Waals surface area contributed by atoms with Crippen LogP contribution < -0.4 is 16.0 Å². The zero-order valence-corrected chi connectivity index (χ0v) is 11.4. The van der Waals surface area contributed by atoms with Gasteiger partial charge in [-0.2, -0.15) is 0 Å². The van der Waals surface area contributed by atoms with Gasteiger partial charge in [0.05, 0.1) is 6.04 Å². The minimum absolute atomic E-state index is 0.0138.